The van der Waals surface area contributed by atoms with Crippen LogP contribution in [-0.2, 0) is 10.0 Å². The number of hydrogen-bond acceptors (Lipinski definition) is 6. The van der Waals surface area contributed by atoms with Gasteiger partial charge in [-0.15, -0.1) is 0 Å². The van der Waals surface area contributed by atoms with Crippen molar-refractivity contribution in [3.63, 3.8) is 0 Å². The Morgan fingerprint density at radius 1 is 1.41 bits per heavy atom. The maximum absolute atomic E-state index is 13.6. The Balaban J connectivity index is 1.95. The molecule has 1 aromatic carbocycles. The van der Waals surface area contributed by atoms with Gasteiger partial charge in [-0.2, -0.15) is 4.31 Å². The molecule has 8 nitrogen and oxygen atoms in total. The Hall–Kier alpha value is -2.08. The van der Waals surface area contributed by atoms with Crippen LogP contribution in [0, 0.1) is 11.7 Å². The van der Waals surface area contributed by atoms with Gasteiger partial charge < -0.3 is 14.7 Å². The summed E-state index contributed by atoms with van der Waals surface area (Å²) in [5, 5.41) is 9.65. The number of carbonyl (C=O) groups excluding carboxylic acids is 1. The zero-order valence-electron chi connectivity index (χ0n) is 17.9. The van der Waals surface area contributed by atoms with Crippen LogP contribution in [-0.4, -0.2) is 72.5 Å². The fourth-order valence-electron chi connectivity index (χ4n) is 3.45. The minimum absolute atomic E-state index is 0.0489. The second-order valence-corrected chi connectivity index (χ2v) is 10.8. The summed E-state index contributed by atoms with van der Waals surface area (Å²) in [5.74, 6) is -1.19. The van der Waals surface area contributed by atoms with Crippen LogP contribution < -0.4 is 4.74 Å². The first-order chi connectivity index (χ1) is 15.0. The highest BCUT2D eigenvalue weighted by atomic mass is 79.9. The Bertz CT molecular complexity index is 1100. The number of benzene rings is 1. The van der Waals surface area contributed by atoms with Crippen LogP contribution in [0.3, 0.4) is 0 Å². The molecule has 0 fully saturated rings. The van der Waals surface area contributed by atoms with Gasteiger partial charge in [0.1, 0.15) is 17.5 Å². The van der Waals surface area contributed by atoms with E-state index in [0.717, 1.165) is 10.4 Å². The van der Waals surface area contributed by atoms with E-state index in [1.165, 1.54) is 36.3 Å². The van der Waals surface area contributed by atoms with Crippen LogP contribution in [0.4, 0.5) is 4.39 Å². The van der Waals surface area contributed by atoms with Crippen molar-refractivity contribution < 1.29 is 27.4 Å². The fraction of sp³-hybridized carbons (Fsp3) is 0.429. The highest BCUT2D eigenvalue weighted by Gasteiger charge is 2.35. The van der Waals surface area contributed by atoms with E-state index in [9.17, 15) is 22.7 Å². The number of sulfonamides is 1. The lowest BCUT2D eigenvalue weighted by Crippen LogP contribution is -2.50. The first kappa shape index (κ1) is 24.6. The quantitative estimate of drug-likeness (QED) is 0.617. The van der Waals surface area contributed by atoms with E-state index in [2.05, 4.69) is 20.9 Å². The summed E-state index contributed by atoms with van der Waals surface area (Å²) in [6, 6.07) is 5.93. The number of carbonyl (C=O) groups is 1. The number of amides is 1. The lowest BCUT2D eigenvalue weighted by molar-refractivity contribution is 0.0373. The second-order valence-electron chi connectivity index (χ2n) is 7.87. The molecule has 2 heterocycles. The zero-order chi connectivity index (χ0) is 23.6. The van der Waals surface area contributed by atoms with Crippen LogP contribution in [0.5, 0.6) is 5.88 Å². The molecule has 0 unspecified atom stereocenters. The minimum atomic E-state index is -3.97. The monoisotopic (exact) mass is 529 g/mol. The molecule has 2 aromatic rings. The first-order valence-electron chi connectivity index (χ1n) is 10.0. The zero-order valence-corrected chi connectivity index (χ0v) is 20.3. The van der Waals surface area contributed by atoms with Crippen LogP contribution in [0.1, 0.15) is 24.2 Å². The smallest absolute Gasteiger partial charge is 0.259 e. The predicted molar refractivity (Wildman–Crippen MR) is 119 cm³/mol. The van der Waals surface area contributed by atoms with E-state index in [-0.39, 0.29) is 47.9 Å². The molecule has 3 rings (SSSR count). The number of pyridine rings is 1. The summed E-state index contributed by atoms with van der Waals surface area (Å²) in [4.78, 5) is 18.7. The van der Waals surface area contributed by atoms with Crippen molar-refractivity contribution in [3.05, 3.63) is 52.4 Å². The normalized spacial score (nSPS) is 20.3. The molecule has 0 spiro atoms. The number of fused-ring (bicyclic) bond motifs is 1. The third-order valence-electron chi connectivity index (χ3n) is 5.43. The highest BCUT2D eigenvalue weighted by Crippen LogP contribution is 2.29. The average molecular weight is 530 g/mol. The summed E-state index contributed by atoms with van der Waals surface area (Å²) < 4.78 is 47.2. The lowest BCUT2D eigenvalue weighted by atomic mass is 10.0. The topological polar surface area (TPSA) is 100 Å². The van der Waals surface area contributed by atoms with Gasteiger partial charge >= 0.3 is 0 Å². The van der Waals surface area contributed by atoms with Crippen molar-refractivity contribution in [2.75, 3.05) is 26.7 Å². The number of rotatable bonds is 6. The van der Waals surface area contributed by atoms with E-state index >= 15 is 0 Å². The Morgan fingerprint density at radius 2 is 2.12 bits per heavy atom. The van der Waals surface area contributed by atoms with Gasteiger partial charge in [0.2, 0.25) is 15.9 Å². The maximum Gasteiger partial charge on any atom is 0.259 e. The van der Waals surface area contributed by atoms with Gasteiger partial charge in [0, 0.05) is 30.2 Å². The highest BCUT2D eigenvalue weighted by molar-refractivity contribution is 9.10. The fourth-order valence-corrected chi connectivity index (χ4v) is 5.00. The van der Waals surface area contributed by atoms with E-state index in [1.54, 1.807) is 13.0 Å². The van der Waals surface area contributed by atoms with Gasteiger partial charge in [0.15, 0.2) is 0 Å². The van der Waals surface area contributed by atoms with Gasteiger partial charge in [-0.1, -0.05) is 13.0 Å². The molecule has 0 aliphatic carbocycles. The molecule has 1 N–H and O–H groups in total. The molecule has 0 saturated carbocycles. The third-order valence-corrected chi connectivity index (χ3v) is 7.68. The molecule has 32 heavy (non-hydrogen) atoms. The number of likely N-dealkylation sites (N-methyl/N-ethyl adjacent to an activating group) is 1. The molecule has 0 saturated heterocycles. The van der Waals surface area contributed by atoms with Crippen LogP contribution in [0.15, 0.2) is 45.9 Å². The molecule has 1 amide bonds. The number of nitrogens with zero attached hydrogens (tertiary/aromatic N) is 3. The van der Waals surface area contributed by atoms with Gasteiger partial charge in [-0.05, 0) is 47.1 Å². The number of aromatic nitrogens is 1. The van der Waals surface area contributed by atoms with Crippen molar-refractivity contribution in [1.29, 1.82) is 0 Å². The number of halogens is 2. The van der Waals surface area contributed by atoms with Gasteiger partial charge in [-0.3, -0.25) is 4.79 Å². The van der Waals surface area contributed by atoms with Crippen molar-refractivity contribution in [2.24, 2.45) is 5.92 Å². The Morgan fingerprint density at radius 3 is 2.78 bits per heavy atom. The third kappa shape index (κ3) is 5.11. The number of hydrogen-bond donors (Lipinski definition) is 1. The van der Waals surface area contributed by atoms with E-state index in [0.29, 0.717) is 4.47 Å². The molecule has 1 aliphatic heterocycles. The van der Waals surface area contributed by atoms with Crippen LogP contribution >= 0.6 is 15.9 Å². The van der Waals surface area contributed by atoms with Crippen molar-refractivity contribution in [2.45, 2.75) is 30.9 Å². The molecule has 1 aromatic heterocycles. The summed E-state index contributed by atoms with van der Waals surface area (Å²) in [5.41, 5.74) is 0.215. The van der Waals surface area contributed by atoms with Crippen LogP contribution in [0.2, 0.25) is 0 Å². The molecule has 0 radical (unpaired) electrons. The molecule has 3 atom stereocenters. The molecule has 1 aliphatic rings. The SMILES string of the molecule is C[C@H](CO)N1C[C@H](C)[C@H](CN(C)S(=O)(=O)c2cccc(F)c2)Oc2ncc(Br)cc2C1=O. The van der Waals surface area contributed by atoms with Gasteiger partial charge in [0.25, 0.3) is 5.91 Å². The van der Waals surface area contributed by atoms with Crippen molar-refractivity contribution in [1.82, 2.24) is 14.2 Å². The van der Waals surface area contributed by atoms with E-state index in [4.69, 9.17) is 4.74 Å². The molecular formula is C21H25BrFN3O5S. The number of aliphatic hydroxyl groups is 1. The van der Waals surface area contributed by atoms with E-state index < -0.39 is 28.0 Å². The number of aliphatic hydroxyl groups excluding tert-OH is 1. The maximum atomic E-state index is 13.6. The van der Waals surface area contributed by atoms with Crippen molar-refractivity contribution >= 4 is 31.9 Å². The lowest BCUT2D eigenvalue weighted by Gasteiger charge is -2.37. The second kappa shape index (κ2) is 9.82. The Labute approximate surface area is 195 Å². The molecule has 0 bridgehead atoms. The molecule has 11 heteroatoms. The average Bonchev–Trinajstić information content (AvgIpc) is 2.76. The number of ether oxygens (including phenoxy) is 1. The summed E-state index contributed by atoms with van der Waals surface area (Å²) >= 11 is 3.31. The largest absolute Gasteiger partial charge is 0.472 e. The summed E-state index contributed by atoms with van der Waals surface area (Å²) in [6.07, 6.45) is 0.833. The first-order valence-corrected chi connectivity index (χ1v) is 12.2. The van der Waals surface area contributed by atoms with Crippen molar-refractivity contribution in [3.8, 4) is 5.88 Å². The van der Waals surface area contributed by atoms with Gasteiger partial charge in [-0.25, -0.2) is 17.8 Å². The summed E-state index contributed by atoms with van der Waals surface area (Å²) in [7, 11) is -2.58. The van der Waals surface area contributed by atoms with Crippen LogP contribution in [0.25, 0.3) is 0 Å². The minimum Gasteiger partial charge on any atom is -0.472 e. The van der Waals surface area contributed by atoms with E-state index in [1.807, 2.05) is 6.92 Å². The Kier molecular flexibility index (Phi) is 7.53. The molecular weight excluding hydrogens is 505 g/mol. The van der Waals surface area contributed by atoms with Gasteiger partial charge in [0.05, 0.1) is 24.1 Å². The standard InChI is InChI=1S/C21H25BrFN3O5S/c1-13-10-26(14(2)12-27)21(28)18-7-15(22)9-24-20(18)31-19(13)11-25(3)32(29,30)17-6-4-5-16(23)8-17/h4-9,13-14,19,27H,10-12H2,1-3H3/t13-,14+,19-/m0/s1. The molecule has 174 valence electrons. The predicted octanol–water partition coefficient (Wildman–Crippen LogP) is 2.52. The summed E-state index contributed by atoms with van der Waals surface area (Å²) in [6.45, 7) is 3.53.